The fourth-order valence-electron chi connectivity index (χ4n) is 3.80. The van der Waals surface area contributed by atoms with Gasteiger partial charge in [0.25, 0.3) is 5.91 Å². The number of aromatic amines is 1. The highest BCUT2D eigenvalue weighted by molar-refractivity contribution is 6.00. The van der Waals surface area contributed by atoms with Crippen LogP contribution in [0.5, 0.6) is 11.5 Å². The molecule has 1 aliphatic rings. The van der Waals surface area contributed by atoms with Crippen LogP contribution in [0, 0.1) is 5.92 Å². The molecule has 2 N–H and O–H groups in total. The predicted molar refractivity (Wildman–Crippen MR) is 101 cm³/mol. The van der Waals surface area contributed by atoms with E-state index in [1.807, 2.05) is 36.9 Å². The van der Waals surface area contributed by atoms with Crippen LogP contribution in [0.25, 0.3) is 10.9 Å². The molecule has 6 nitrogen and oxygen atoms in total. The van der Waals surface area contributed by atoms with E-state index < -0.39 is 5.60 Å². The van der Waals surface area contributed by atoms with Crippen LogP contribution < -0.4 is 9.47 Å². The van der Waals surface area contributed by atoms with Crippen molar-refractivity contribution in [3.05, 3.63) is 23.9 Å². The van der Waals surface area contributed by atoms with Gasteiger partial charge in [-0.05, 0) is 45.1 Å². The predicted octanol–water partition coefficient (Wildman–Crippen LogP) is 3.20. The van der Waals surface area contributed by atoms with Gasteiger partial charge in [0.15, 0.2) is 0 Å². The zero-order valence-electron chi connectivity index (χ0n) is 16.0. The summed E-state index contributed by atoms with van der Waals surface area (Å²) in [7, 11) is 3.21. The minimum absolute atomic E-state index is 0.00364. The van der Waals surface area contributed by atoms with Crippen LogP contribution in [0.1, 0.15) is 43.6 Å². The molecule has 2 heterocycles. The molecule has 0 atom stereocenters. The van der Waals surface area contributed by atoms with Gasteiger partial charge < -0.3 is 24.5 Å². The summed E-state index contributed by atoms with van der Waals surface area (Å²) in [6, 6.07) is 5.52. The SMILES string of the molecule is COc1cc(OC)c2cc(C(=O)N3CCC(CC(C)(C)O)CC3)[nH]c2c1. The molecule has 0 spiro atoms. The molecule has 1 amide bonds. The first-order valence-electron chi connectivity index (χ1n) is 9.07. The Bertz CT molecular complexity index is 783. The van der Waals surface area contributed by atoms with Crippen LogP contribution in [0.15, 0.2) is 18.2 Å². The Kier molecular flexibility index (Phi) is 5.14. The third-order valence-corrected chi connectivity index (χ3v) is 5.05. The van der Waals surface area contributed by atoms with E-state index in [0.29, 0.717) is 23.1 Å². The normalized spacial score (nSPS) is 16.1. The van der Waals surface area contributed by atoms with Crippen LogP contribution in [0.2, 0.25) is 0 Å². The van der Waals surface area contributed by atoms with Gasteiger partial charge in [-0.3, -0.25) is 4.79 Å². The van der Waals surface area contributed by atoms with Gasteiger partial charge in [0, 0.05) is 30.6 Å². The summed E-state index contributed by atoms with van der Waals surface area (Å²) in [6.07, 6.45) is 2.62. The number of methoxy groups -OCH3 is 2. The summed E-state index contributed by atoms with van der Waals surface area (Å²) < 4.78 is 10.7. The summed E-state index contributed by atoms with van der Waals surface area (Å²) in [5.74, 6) is 1.83. The van der Waals surface area contributed by atoms with E-state index in [9.17, 15) is 9.90 Å². The van der Waals surface area contributed by atoms with E-state index in [0.717, 1.165) is 43.3 Å². The van der Waals surface area contributed by atoms with E-state index >= 15 is 0 Å². The Labute approximate surface area is 154 Å². The van der Waals surface area contributed by atoms with Crippen LogP contribution >= 0.6 is 0 Å². The quantitative estimate of drug-likeness (QED) is 0.859. The molecule has 0 aliphatic carbocycles. The van der Waals surface area contributed by atoms with Crippen molar-refractivity contribution in [1.29, 1.82) is 0 Å². The van der Waals surface area contributed by atoms with Crippen molar-refractivity contribution >= 4 is 16.8 Å². The monoisotopic (exact) mass is 360 g/mol. The van der Waals surface area contributed by atoms with Crippen molar-refractivity contribution in [1.82, 2.24) is 9.88 Å². The molecule has 6 heteroatoms. The second-order valence-electron chi connectivity index (χ2n) is 7.73. The van der Waals surface area contributed by atoms with Gasteiger partial charge in [-0.2, -0.15) is 0 Å². The number of hydrogen-bond donors (Lipinski definition) is 2. The average Bonchev–Trinajstić information content (AvgIpc) is 3.03. The third-order valence-electron chi connectivity index (χ3n) is 5.05. The number of nitrogens with one attached hydrogen (secondary N) is 1. The maximum Gasteiger partial charge on any atom is 0.270 e. The number of carbonyl (C=O) groups excluding carboxylic acids is 1. The largest absolute Gasteiger partial charge is 0.497 e. The number of hydrogen-bond acceptors (Lipinski definition) is 4. The smallest absolute Gasteiger partial charge is 0.270 e. The topological polar surface area (TPSA) is 74.8 Å². The summed E-state index contributed by atoms with van der Waals surface area (Å²) in [4.78, 5) is 18.0. The number of ether oxygens (including phenoxy) is 2. The highest BCUT2D eigenvalue weighted by Crippen LogP contribution is 2.32. The van der Waals surface area contributed by atoms with Gasteiger partial charge in [0.2, 0.25) is 0 Å². The first-order chi connectivity index (χ1) is 12.3. The molecule has 26 heavy (non-hydrogen) atoms. The molecule has 142 valence electrons. The Morgan fingerprint density at radius 2 is 1.92 bits per heavy atom. The van der Waals surface area contributed by atoms with Crippen molar-refractivity contribution in [2.75, 3.05) is 27.3 Å². The standard InChI is InChI=1S/C20H28N2O4/c1-20(2,24)12-13-5-7-22(8-6-13)19(23)17-11-15-16(21-17)9-14(25-3)10-18(15)26-4/h9-11,13,21,24H,5-8,12H2,1-4H3. The average molecular weight is 360 g/mol. The first-order valence-corrected chi connectivity index (χ1v) is 9.07. The minimum Gasteiger partial charge on any atom is -0.497 e. The van der Waals surface area contributed by atoms with Gasteiger partial charge in [-0.1, -0.05) is 0 Å². The number of rotatable bonds is 5. The highest BCUT2D eigenvalue weighted by Gasteiger charge is 2.28. The highest BCUT2D eigenvalue weighted by atomic mass is 16.5. The molecule has 0 unspecified atom stereocenters. The second kappa shape index (κ2) is 7.19. The molecule has 0 saturated carbocycles. The molecule has 0 bridgehead atoms. The molecule has 1 fully saturated rings. The molecule has 2 aromatic rings. The number of aliphatic hydroxyl groups is 1. The lowest BCUT2D eigenvalue weighted by Crippen LogP contribution is -2.40. The summed E-state index contributed by atoms with van der Waals surface area (Å²) in [5, 5.41) is 10.9. The Hall–Kier alpha value is -2.21. The van der Waals surface area contributed by atoms with Gasteiger partial charge in [0.05, 0.1) is 25.3 Å². The van der Waals surface area contributed by atoms with Crippen LogP contribution in [-0.2, 0) is 0 Å². The van der Waals surface area contributed by atoms with Crippen molar-refractivity contribution in [2.24, 2.45) is 5.92 Å². The number of nitrogens with zero attached hydrogens (tertiary/aromatic N) is 1. The van der Waals surface area contributed by atoms with Gasteiger partial charge in [-0.25, -0.2) is 0 Å². The molecular formula is C20H28N2O4. The fraction of sp³-hybridized carbons (Fsp3) is 0.550. The molecule has 1 aromatic heterocycles. The lowest BCUT2D eigenvalue weighted by molar-refractivity contribution is 0.0357. The van der Waals surface area contributed by atoms with E-state index in [1.165, 1.54) is 0 Å². The third kappa shape index (κ3) is 3.96. The zero-order chi connectivity index (χ0) is 18.9. The van der Waals surface area contributed by atoms with Gasteiger partial charge in [0.1, 0.15) is 17.2 Å². The van der Waals surface area contributed by atoms with Crippen molar-refractivity contribution < 1.29 is 19.4 Å². The number of aromatic nitrogens is 1. The van der Waals surface area contributed by atoms with Crippen molar-refractivity contribution in [3.63, 3.8) is 0 Å². The van der Waals surface area contributed by atoms with Crippen molar-refractivity contribution in [3.8, 4) is 11.5 Å². The first kappa shape index (κ1) is 18.6. The molecule has 0 radical (unpaired) electrons. The minimum atomic E-state index is -0.649. The van der Waals surface area contributed by atoms with Gasteiger partial charge >= 0.3 is 0 Å². The van der Waals surface area contributed by atoms with E-state index in [1.54, 1.807) is 14.2 Å². The molecular weight excluding hydrogens is 332 g/mol. The summed E-state index contributed by atoms with van der Waals surface area (Å²) in [6.45, 7) is 5.12. The number of piperidine rings is 1. The lowest BCUT2D eigenvalue weighted by atomic mass is 9.86. The number of carbonyl (C=O) groups is 1. The number of fused-ring (bicyclic) bond motifs is 1. The lowest BCUT2D eigenvalue weighted by Gasteiger charge is -2.34. The maximum atomic E-state index is 12.9. The molecule has 1 saturated heterocycles. The van der Waals surface area contributed by atoms with Gasteiger partial charge in [-0.15, -0.1) is 0 Å². The number of H-pyrrole nitrogens is 1. The zero-order valence-corrected chi connectivity index (χ0v) is 16.0. The van der Waals surface area contributed by atoms with Crippen LogP contribution in [-0.4, -0.2) is 53.8 Å². The number of likely N-dealkylation sites (tertiary alicyclic amines) is 1. The molecule has 3 rings (SSSR count). The summed E-state index contributed by atoms with van der Waals surface area (Å²) in [5.41, 5.74) is 0.734. The van der Waals surface area contributed by atoms with Crippen LogP contribution in [0.4, 0.5) is 0 Å². The van der Waals surface area contributed by atoms with Crippen molar-refractivity contribution in [2.45, 2.75) is 38.7 Å². The van der Waals surface area contributed by atoms with E-state index in [2.05, 4.69) is 4.98 Å². The molecule has 1 aliphatic heterocycles. The Balaban J connectivity index is 1.74. The fourth-order valence-corrected chi connectivity index (χ4v) is 3.80. The number of benzene rings is 1. The number of amides is 1. The van der Waals surface area contributed by atoms with E-state index in [-0.39, 0.29) is 5.91 Å². The van der Waals surface area contributed by atoms with Crippen LogP contribution in [0.3, 0.4) is 0 Å². The summed E-state index contributed by atoms with van der Waals surface area (Å²) >= 11 is 0. The Morgan fingerprint density at radius 1 is 1.23 bits per heavy atom. The second-order valence-corrected chi connectivity index (χ2v) is 7.73. The maximum absolute atomic E-state index is 12.9. The molecule has 1 aromatic carbocycles. The van der Waals surface area contributed by atoms with E-state index in [4.69, 9.17) is 9.47 Å². The Morgan fingerprint density at radius 3 is 2.50 bits per heavy atom.